The summed E-state index contributed by atoms with van der Waals surface area (Å²) in [6.07, 6.45) is 1.49. The molecule has 0 aromatic carbocycles. The summed E-state index contributed by atoms with van der Waals surface area (Å²) in [6, 6.07) is 8.57. The van der Waals surface area contributed by atoms with Crippen LogP contribution >= 0.6 is 0 Å². The van der Waals surface area contributed by atoms with Gasteiger partial charge in [0.2, 0.25) is 0 Å². The molecule has 4 rings (SSSR count). The van der Waals surface area contributed by atoms with Gasteiger partial charge in [0.25, 0.3) is 0 Å². The number of hydrogen-bond donors (Lipinski definition) is 0. The quantitative estimate of drug-likeness (QED) is 0.736. The molecule has 29 heavy (non-hydrogen) atoms. The van der Waals surface area contributed by atoms with Crippen LogP contribution in [-0.4, -0.2) is 75.9 Å². The summed E-state index contributed by atoms with van der Waals surface area (Å²) < 4.78 is 7.28. The van der Waals surface area contributed by atoms with E-state index < -0.39 is 5.60 Å². The van der Waals surface area contributed by atoms with Gasteiger partial charge in [0, 0.05) is 44.8 Å². The van der Waals surface area contributed by atoms with E-state index >= 15 is 0 Å². The molecule has 2 fully saturated rings. The standard InChI is InChI=1S/C21H28N6O2/c1-15-12-25(18-6-5-16(11-22)27-19(18)7-8-23-27)14-17-13-24(9-10-26(15)17)20(28)29-21(2,3)4/h5-8,15,17H,9-10,12-14H2,1-4H3/t15-,17+/m0/s1. The number of rotatable bonds is 1. The molecule has 8 heteroatoms. The van der Waals surface area contributed by atoms with Gasteiger partial charge in [0.05, 0.1) is 17.4 Å². The highest BCUT2D eigenvalue weighted by Crippen LogP contribution is 2.29. The van der Waals surface area contributed by atoms with Crippen molar-refractivity contribution in [3.8, 4) is 6.07 Å². The van der Waals surface area contributed by atoms with Crippen LogP contribution in [0.25, 0.3) is 5.52 Å². The number of nitrogens with zero attached hydrogens (tertiary/aromatic N) is 6. The van der Waals surface area contributed by atoms with Crippen molar-refractivity contribution < 1.29 is 9.53 Å². The molecule has 2 aromatic heterocycles. The fraction of sp³-hybridized carbons (Fsp3) is 0.571. The van der Waals surface area contributed by atoms with E-state index in [-0.39, 0.29) is 12.1 Å². The third kappa shape index (κ3) is 3.75. The Bertz CT molecular complexity index is 956. The van der Waals surface area contributed by atoms with Gasteiger partial charge < -0.3 is 14.5 Å². The molecule has 0 aliphatic carbocycles. The number of fused-ring (bicyclic) bond motifs is 2. The van der Waals surface area contributed by atoms with Crippen LogP contribution in [0.5, 0.6) is 0 Å². The van der Waals surface area contributed by atoms with Gasteiger partial charge in [-0.2, -0.15) is 10.4 Å². The van der Waals surface area contributed by atoms with Crippen molar-refractivity contribution in [1.29, 1.82) is 5.26 Å². The first-order valence-corrected chi connectivity index (χ1v) is 10.1. The number of nitriles is 1. The molecule has 154 valence electrons. The molecular formula is C21H28N6O2. The second-order valence-electron chi connectivity index (χ2n) is 8.92. The molecule has 4 heterocycles. The lowest BCUT2D eigenvalue weighted by molar-refractivity contribution is -0.00655. The van der Waals surface area contributed by atoms with Crippen molar-refractivity contribution in [2.45, 2.75) is 45.4 Å². The molecule has 8 nitrogen and oxygen atoms in total. The Kier molecular flexibility index (Phi) is 4.87. The zero-order valence-corrected chi connectivity index (χ0v) is 17.5. The number of pyridine rings is 1. The van der Waals surface area contributed by atoms with Crippen LogP contribution in [0.3, 0.4) is 0 Å². The average molecular weight is 396 g/mol. The monoisotopic (exact) mass is 396 g/mol. The van der Waals surface area contributed by atoms with Gasteiger partial charge >= 0.3 is 6.09 Å². The van der Waals surface area contributed by atoms with Crippen LogP contribution in [0.2, 0.25) is 0 Å². The topological polar surface area (TPSA) is 77.1 Å². The molecule has 0 radical (unpaired) electrons. The number of hydrogen-bond acceptors (Lipinski definition) is 6. The van der Waals surface area contributed by atoms with E-state index in [0.29, 0.717) is 24.8 Å². The Balaban J connectivity index is 1.55. The molecule has 0 bridgehead atoms. The number of aromatic nitrogens is 2. The van der Waals surface area contributed by atoms with Crippen molar-refractivity contribution in [1.82, 2.24) is 19.4 Å². The van der Waals surface area contributed by atoms with E-state index in [1.54, 1.807) is 10.7 Å². The molecule has 2 saturated heterocycles. The minimum atomic E-state index is -0.490. The Morgan fingerprint density at radius 3 is 2.72 bits per heavy atom. The van der Waals surface area contributed by atoms with Gasteiger partial charge in [-0.1, -0.05) is 0 Å². The summed E-state index contributed by atoms with van der Waals surface area (Å²) in [6.45, 7) is 11.8. The van der Waals surface area contributed by atoms with Crippen molar-refractivity contribution in [3.05, 3.63) is 30.1 Å². The second-order valence-corrected chi connectivity index (χ2v) is 8.92. The van der Waals surface area contributed by atoms with E-state index in [2.05, 4.69) is 27.9 Å². The number of anilines is 1. The van der Waals surface area contributed by atoms with Gasteiger partial charge in [-0.25, -0.2) is 9.31 Å². The van der Waals surface area contributed by atoms with E-state index in [9.17, 15) is 10.1 Å². The molecule has 0 N–H and O–H groups in total. The van der Waals surface area contributed by atoms with Gasteiger partial charge in [0.15, 0.2) is 0 Å². The van der Waals surface area contributed by atoms with Gasteiger partial charge in [-0.05, 0) is 45.9 Å². The lowest BCUT2D eigenvalue weighted by Gasteiger charge is -2.51. The molecule has 0 saturated carbocycles. The fourth-order valence-electron chi connectivity index (χ4n) is 4.41. The van der Waals surface area contributed by atoms with Crippen LogP contribution in [0.1, 0.15) is 33.4 Å². The predicted octanol–water partition coefficient (Wildman–Crippen LogP) is 2.34. The zero-order valence-electron chi connectivity index (χ0n) is 17.5. The summed E-state index contributed by atoms with van der Waals surface area (Å²) in [4.78, 5) is 19.2. The Morgan fingerprint density at radius 2 is 2.00 bits per heavy atom. The third-order valence-corrected chi connectivity index (χ3v) is 5.65. The summed E-state index contributed by atoms with van der Waals surface area (Å²) in [7, 11) is 0. The van der Waals surface area contributed by atoms with Crippen LogP contribution in [0.15, 0.2) is 24.4 Å². The SMILES string of the molecule is C[C@H]1CN(c2ccc(C#N)n3nccc23)C[C@H]2CN(C(=O)OC(C)(C)C)CCN21. The number of carbonyl (C=O) groups is 1. The lowest BCUT2D eigenvalue weighted by Crippen LogP contribution is -2.66. The van der Waals surface area contributed by atoms with Gasteiger partial charge in [-0.15, -0.1) is 0 Å². The van der Waals surface area contributed by atoms with Gasteiger partial charge in [-0.3, -0.25) is 4.90 Å². The number of carbonyl (C=O) groups excluding carboxylic acids is 1. The number of ether oxygens (including phenoxy) is 1. The van der Waals surface area contributed by atoms with E-state index in [1.165, 1.54) is 0 Å². The Hall–Kier alpha value is -2.79. The van der Waals surface area contributed by atoms with Crippen molar-refractivity contribution in [2.75, 3.05) is 37.6 Å². The first-order chi connectivity index (χ1) is 13.8. The smallest absolute Gasteiger partial charge is 0.410 e. The highest BCUT2D eigenvalue weighted by atomic mass is 16.6. The predicted molar refractivity (Wildman–Crippen MR) is 110 cm³/mol. The maximum absolute atomic E-state index is 12.6. The zero-order chi connectivity index (χ0) is 20.8. The van der Waals surface area contributed by atoms with Crippen molar-refractivity contribution in [3.63, 3.8) is 0 Å². The first kappa shape index (κ1) is 19.5. The summed E-state index contributed by atoms with van der Waals surface area (Å²) in [5.41, 5.74) is 2.04. The van der Waals surface area contributed by atoms with Crippen molar-refractivity contribution >= 4 is 17.3 Å². The van der Waals surface area contributed by atoms with Crippen LogP contribution in [0, 0.1) is 11.3 Å². The molecule has 2 aliphatic rings. The summed E-state index contributed by atoms with van der Waals surface area (Å²) >= 11 is 0. The fourth-order valence-corrected chi connectivity index (χ4v) is 4.41. The molecule has 2 aliphatic heterocycles. The first-order valence-electron chi connectivity index (χ1n) is 10.1. The van der Waals surface area contributed by atoms with Gasteiger partial charge in [0.1, 0.15) is 17.4 Å². The number of amides is 1. The maximum Gasteiger partial charge on any atom is 0.410 e. The van der Waals surface area contributed by atoms with Crippen LogP contribution in [0.4, 0.5) is 10.5 Å². The summed E-state index contributed by atoms with van der Waals surface area (Å²) in [5, 5.41) is 13.6. The Morgan fingerprint density at radius 1 is 1.21 bits per heavy atom. The van der Waals surface area contributed by atoms with E-state index in [0.717, 1.165) is 30.8 Å². The molecule has 0 spiro atoms. The maximum atomic E-state index is 12.6. The molecular weight excluding hydrogens is 368 g/mol. The normalized spacial score (nSPS) is 23.0. The minimum Gasteiger partial charge on any atom is -0.444 e. The van der Waals surface area contributed by atoms with Crippen molar-refractivity contribution in [2.24, 2.45) is 0 Å². The average Bonchev–Trinajstić information content (AvgIpc) is 3.15. The van der Waals surface area contributed by atoms with E-state index in [4.69, 9.17) is 4.74 Å². The molecule has 2 aromatic rings. The second kappa shape index (κ2) is 7.23. The third-order valence-electron chi connectivity index (χ3n) is 5.65. The number of piperazine rings is 2. The molecule has 2 atom stereocenters. The minimum absolute atomic E-state index is 0.235. The lowest BCUT2D eigenvalue weighted by atomic mass is 10.0. The molecule has 1 amide bonds. The largest absolute Gasteiger partial charge is 0.444 e. The Labute approximate surface area is 171 Å². The highest BCUT2D eigenvalue weighted by Gasteiger charge is 2.39. The van der Waals surface area contributed by atoms with Crippen LogP contribution in [-0.2, 0) is 4.74 Å². The molecule has 0 unspecified atom stereocenters. The van der Waals surface area contributed by atoms with E-state index in [1.807, 2.05) is 43.9 Å². The van der Waals surface area contributed by atoms with Crippen LogP contribution < -0.4 is 4.90 Å². The highest BCUT2D eigenvalue weighted by molar-refractivity contribution is 5.74. The summed E-state index contributed by atoms with van der Waals surface area (Å²) in [5.74, 6) is 0.